The molecule has 1 saturated carbocycles. The van der Waals surface area contributed by atoms with Crippen LogP contribution in [0.2, 0.25) is 0 Å². The summed E-state index contributed by atoms with van der Waals surface area (Å²) in [7, 11) is -0.885. The average Bonchev–Trinajstić information content (AvgIpc) is 3.10. The fourth-order valence-electron chi connectivity index (χ4n) is 4.86. The van der Waals surface area contributed by atoms with Crippen molar-refractivity contribution in [3.8, 4) is 5.75 Å². The van der Waals surface area contributed by atoms with Crippen LogP contribution in [-0.2, 0) is 15.5 Å². The van der Waals surface area contributed by atoms with Crippen molar-refractivity contribution in [2.75, 3.05) is 29.6 Å². The van der Waals surface area contributed by atoms with Crippen LogP contribution in [0.25, 0.3) is 0 Å². The Morgan fingerprint density at radius 3 is 2.70 bits per heavy atom. The molecule has 178 valence electrons. The molecule has 1 aromatic heterocycles. The fraction of sp³-hybridized carbons (Fsp3) is 0.455. The molecule has 1 aliphatic heterocycles. The Bertz CT molecular complexity index is 1110. The van der Waals surface area contributed by atoms with Crippen molar-refractivity contribution in [2.24, 2.45) is 5.41 Å². The molecule has 2 N–H and O–H groups in total. The Morgan fingerprint density at radius 2 is 2.06 bits per heavy atom. The number of nitrogens with zero attached hydrogens (tertiary/aromatic N) is 2. The number of nitrogens with one attached hydrogen (secondary N) is 2. The topological polar surface area (TPSA) is 78.3 Å². The van der Waals surface area contributed by atoms with Crippen LogP contribution in [0.3, 0.4) is 0 Å². The molecule has 6 nitrogen and oxygen atoms in total. The minimum Gasteiger partial charge on any atom is -0.489 e. The lowest BCUT2D eigenvalue weighted by Gasteiger charge is -2.48. The van der Waals surface area contributed by atoms with E-state index in [1.807, 2.05) is 0 Å². The zero-order valence-electron chi connectivity index (χ0n) is 18.1. The van der Waals surface area contributed by atoms with E-state index in [-0.39, 0.29) is 24.6 Å². The third kappa shape index (κ3) is 4.30. The monoisotopic (exact) mass is 484 g/mol. The molecule has 1 spiro atoms. The Balaban J connectivity index is 1.72. The average molecular weight is 485 g/mol. The summed E-state index contributed by atoms with van der Waals surface area (Å²) in [5.41, 5.74) is -0.456. The number of benzene rings is 1. The summed E-state index contributed by atoms with van der Waals surface area (Å²) in [4.78, 5) is 19.1. The van der Waals surface area contributed by atoms with Crippen LogP contribution in [-0.4, -0.2) is 42.3 Å². The summed E-state index contributed by atoms with van der Waals surface area (Å²) in [6, 6.07) is 4.34. The first-order valence-electron chi connectivity index (χ1n) is 10.5. The Hall–Kier alpha value is -2.69. The van der Waals surface area contributed by atoms with E-state index in [9.17, 15) is 22.4 Å². The highest BCUT2D eigenvalue weighted by Crippen LogP contribution is 2.61. The van der Waals surface area contributed by atoms with E-state index in [0.717, 1.165) is 6.07 Å². The van der Waals surface area contributed by atoms with Crippen LogP contribution in [0.5, 0.6) is 5.75 Å². The van der Waals surface area contributed by atoms with Gasteiger partial charge in [0.2, 0.25) is 17.6 Å². The van der Waals surface area contributed by atoms with Crippen LogP contribution in [0.15, 0.2) is 35.5 Å². The van der Waals surface area contributed by atoms with E-state index in [0.29, 0.717) is 17.1 Å². The second-order valence-electron chi connectivity index (χ2n) is 8.44. The SMILES string of the molecule is CCOc1c(N2CCC3(CC(F)(F)C3)C2C(=O)Nc2ccnc([S@](C)=N)c2)ccc(F)c1F. The van der Waals surface area contributed by atoms with Crippen LogP contribution in [0, 0.1) is 21.8 Å². The molecule has 2 heterocycles. The van der Waals surface area contributed by atoms with Gasteiger partial charge in [-0.3, -0.25) is 9.57 Å². The smallest absolute Gasteiger partial charge is 0.249 e. The van der Waals surface area contributed by atoms with E-state index < -0.39 is 58.5 Å². The van der Waals surface area contributed by atoms with Gasteiger partial charge < -0.3 is 15.0 Å². The molecule has 1 aliphatic carbocycles. The molecular formula is C22H24F4N4O2S. The number of hydrogen-bond acceptors (Lipinski definition) is 5. The lowest BCUT2D eigenvalue weighted by Crippen LogP contribution is -2.57. The predicted octanol–water partition coefficient (Wildman–Crippen LogP) is 4.76. The second kappa shape index (κ2) is 8.58. The van der Waals surface area contributed by atoms with Gasteiger partial charge in [0.25, 0.3) is 0 Å². The van der Waals surface area contributed by atoms with Gasteiger partial charge in [0.05, 0.1) is 12.3 Å². The number of ether oxygens (including phenoxy) is 1. The van der Waals surface area contributed by atoms with Gasteiger partial charge in [-0.1, -0.05) is 10.7 Å². The molecular weight excluding hydrogens is 460 g/mol. The fourth-order valence-corrected chi connectivity index (χ4v) is 5.38. The summed E-state index contributed by atoms with van der Waals surface area (Å²) >= 11 is 0. The molecule has 2 atom stereocenters. The summed E-state index contributed by atoms with van der Waals surface area (Å²) in [6.07, 6.45) is 2.50. The van der Waals surface area contributed by atoms with E-state index in [2.05, 4.69) is 10.3 Å². The van der Waals surface area contributed by atoms with Crippen LogP contribution in [0.4, 0.5) is 28.9 Å². The molecule has 2 aliphatic rings. The summed E-state index contributed by atoms with van der Waals surface area (Å²) in [5.74, 6) is -6.03. The van der Waals surface area contributed by atoms with Crippen LogP contribution < -0.4 is 15.0 Å². The zero-order chi connectivity index (χ0) is 24.0. The number of halogens is 4. The first-order valence-corrected chi connectivity index (χ1v) is 12.1. The highest BCUT2D eigenvalue weighted by Gasteiger charge is 2.65. The van der Waals surface area contributed by atoms with Crippen molar-refractivity contribution in [3.63, 3.8) is 0 Å². The molecule has 11 heteroatoms. The highest BCUT2D eigenvalue weighted by molar-refractivity contribution is 7.85. The van der Waals surface area contributed by atoms with Crippen molar-refractivity contribution in [3.05, 3.63) is 42.1 Å². The maximum atomic E-state index is 14.5. The normalized spacial score (nSPS) is 21.5. The van der Waals surface area contributed by atoms with E-state index >= 15 is 0 Å². The lowest BCUT2D eigenvalue weighted by molar-refractivity contribution is -0.166. The van der Waals surface area contributed by atoms with Gasteiger partial charge >= 0.3 is 0 Å². The maximum Gasteiger partial charge on any atom is 0.249 e. The first-order chi connectivity index (χ1) is 15.6. The molecule has 1 unspecified atom stereocenters. The third-order valence-electron chi connectivity index (χ3n) is 6.16. The summed E-state index contributed by atoms with van der Waals surface area (Å²) in [5, 5.41) is 3.23. The molecule has 1 saturated heterocycles. The number of alkyl halides is 2. The number of hydrogen-bond donors (Lipinski definition) is 2. The Morgan fingerprint density at radius 1 is 1.33 bits per heavy atom. The van der Waals surface area contributed by atoms with Gasteiger partial charge in [0.1, 0.15) is 11.1 Å². The molecule has 33 heavy (non-hydrogen) atoms. The highest BCUT2D eigenvalue weighted by atomic mass is 32.2. The quantitative estimate of drug-likeness (QED) is 0.580. The molecule has 0 bridgehead atoms. The number of pyridine rings is 1. The number of anilines is 2. The largest absolute Gasteiger partial charge is 0.489 e. The second-order valence-corrected chi connectivity index (χ2v) is 9.88. The van der Waals surface area contributed by atoms with Gasteiger partial charge in [-0.15, -0.1) is 0 Å². The van der Waals surface area contributed by atoms with Crippen LogP contribution >= 0.6 is 0 Å². The van der Waals surface area contributed by atoms with Gasteiger partial charge in [0.15, 0.2) is 11.6 Å². The Kier molecular flexibility index (Phi) is 6.10. The van der Waals surface area contributed by atoms with E-state index in [1.54, 1.807) is 25.3 Å². The van der Waals surface area contributed by atoms with Crippen molar-refractivity contribution >= 4 is 28.0 Å². The van der Waals surface area contributed by atoms with Gasteiger partial charge in [0, 0.05) is 36.7 Å². The summed E-state index contributed by atoms with van der Waals surface area (Å²) in [6.45, 7) is 1.89. The number of carbonyl (C=O) groups is 1. The minimum absolute atomic E-state index is 0.0627. The maximum absolute atomic E-state index is 14.5. The summed E-state index contributed by atoms with van der Waals surface area (Å²) < 4.78 is 69.5. The van der Waals surface area contributed by atoms with Gasteiger partial charge in [-0.05, 0) is 43.9 Å². The minimum atomic E-state index is -2.88. The van der Waals surface area contributed by atoms with E-state index in [4.69, 9.17) is 9.52 Å². The molecule has 1 amide bonds. The van der Waals surface area contributed by atoms with Crippen molar-refractivity contribution in [1.29, 1.82) is 4.78 Å². The first kappa shape index (κ1) is 23.5. The van der Waals surface area contributed by atoms with Crippen molar-refractivity contribution in [2.45, 2.75) is 43.2 Å². The predicted molar refractivity (Wildman–Crippen MR) is 117 cm³/mol. The number of amides is 1. The van der Waals surface area contributed by atoms with Crippen LogP contribution in [0.1, 0.15) is 26.2 Å². The molecule has 4 rings (SSSR count). The van der Waals surface area contributed by atoms with Crippen molar-refractivity contribution < 1.29 is 27.1 Å². The third-order valence-corrected chi connectivity index (χ3v) is 7.01. The molecule has 1 aromatic carbocycles. The number of aromatic nitrogens is 1. The standard InChI is InChI=1S/C22H24F4N4O2S/c1-3-32-18-15(5-4-14(23)17(18)24)30-9-7-21(11-22(25,26)12-21)19(30)20(31)29-13-6-8-28-16(10-13)33(2)27/h4-6,8,10,19,27H,3,7,9,11-12H2,1-2H3,(H,28,29,31)/t19?,33-/m0/s1. The van der Waals surface area contributed by atoms with Gasteiger partial charge in [-0.25, -0.2) is 18.2 Å². The van der Waals surface area contributed by atoms with Gasteiger partial charge in [-0.2, -0.15) is 4.39 Å². The molecule has 0 radical (unpaired) electrons. The Labute approximate surface area is 191 Å². The van der Waals surface area contributed by atoms with E-state index in [1.165, 1.54) is 17.2 Å². The molecule has 2 aromatic rings. The number of rotatable bonds is 6. The van der Waals surface area contributed by atoms with Crippen molar-refractivity contribution in [1.82, 2.24) is 4.98 Å². The number of carbonyl (C=O) groups excluding carboxylic acids is 1. The molecule has 2 fully saturated rings. The lowest BCUT2D eigenvalue weighted by atomic mass is 9.61. The zero-order valence-corrected chi connectivity index (χ0v) is 18.9.